The zero-order chi connectivity index (χ0) is 25.9. The third kappa shape index (κ3) is 5.91. The number of nitrogens with one attached hydrogen (secondary N) is 4. The molecule has 9 nitrogen and oxygen atoms in total. The van der Waals surface area contributed by atoms with Gasteiger partial charge in [-0.1, -0.05) is 23.7 Å². The second-order valence-electron chi connectivity index (χ2n) is 7.91. The highest BCUT2D eigenvalue weighted by atomic mass is 35.5. The number of aromatic amines is 1. The number of hydrogen-bond acceptors (Lipinski definition) is 6. The molecule has 11 heteroatoms. The van der Waals surface area contributed by atoms with Gasteiger partial charge in [0.25, 0.3) is 15.6 Å². The van der Waals surface area contributed by atoms with Crippen molar-refractivity contribution in [1.29, 1.82) is 0 Å². The predicted octanol–water partition coefficient (Wildman–Crippen LogP) is 4.90. The molecule has 0 aliphatic carbocycles. The minimum Gasteiger partial charge on any atom is -0.326 e. The van der Waals surface area contributed by atoms with Gasteiger partial charge in [-0.3, -0.25) is 19.3 Å². The first kappa shape index (κ1) is 25.0. The van der Waals surface area contributed by atoms with Crippen molar-refractivity contribution in [1.82, 2.24) is 9.97 Å². The van der Waals surface area contributed by atoms with E-state index in [0.29, 0.717) is 38.9 Å². The van der Waals surface area contributed by atoms with E-state index in [9.17, 15) is 18.0 Å². The number of hydrogen-bond donors (Lipinski definition) is 4. The van der Waals surface area contributed by atoms with E-state index in [2.05, 4.69) is 25.3 Å². The lowest BCUT2D eigenvalue weighted by molar-refractivity contribution is -0.114. The summed E-state index contributed by atoms with van der Waals surface area (Å²) in [6.07, 6.45) is 0. The van der Waals surface area contributed by atoms with Crippen LogP contribution in [0.4, 0.5) is 23.0 Å². The summed E-state index contributed by atoms with van der Waals surface area (Å²) in [6, 6.07) is 19.3. The normalized spacial score (nSPS) is 11.1. The average Bonchev–Trinajstić information content (AvgIpc) is 2.82. The van der Waals surface area contributed by atoms with E-state index < -0.39 is 10.0 Å². The summed E-state index contributed by atoms with van der Waals surface area (Å²) in [5.74, 6) is -0.0242. The first-order chi connectivity index (χ1) is 17.1. The highest BCUT2D eigenvalue weighted by Crippen LogP contribution is 2.26. The molecule has 3 aromatic carbocycles. The van der Waals surface area contributed by atoms with Crippen LogP contribution in [0.25, 0.3) is 11.3 Å². The molecular weight excluding hydrogens is 502 g/mol. The molecule has 0 fully saturated rings. The van der Waals surface area contributed by atoms with Gasteiger partial charge in [0.15, 0.2) is 0 Å². The Kier molecular flexibility index (Phi) is 7.09. The molecule has 4 aromatic rings. The summed E-state index contributed by atoms with van der Waals surface area (Å²) in [4.78, 5) is 31.0. The summed E-state index contributed by atoms with van der Waals surface area (Å²) in [6.45, 7) is 3.01. The lowest BCUT2D eigenvalue weighted by atomic mass is 10.1. The van der Waals surface area contributed by atoms with Crippen molar-refractivity contribution in [3.05, 3.63) is 93.7 Å². The van der Waals surface area contributed by atoms with Gasteiger partial charge in [-0.2, -0.15) is 0 Å². The van der Waals surface area contributed by atoms with Crippen LogP contribution in [0.15, 0.2) is 82.5 Å². The van der Waals surface area contributed by atoms with Gasteiger partial charge in [-0.15, -0.1) is 0 Å². The van der Waals surface area contributed by atoms with Gasteiger partial charge in [0.1, 0.15) is 0 Å². The number of halogens is 1. The number of rotatable bonds is 7. The predicted molar refractivity (Wildman–Crippen MR) is 141 cm³/mol. The Morgan fingerprint density at radius 2 is 1.61 bits per heavy atom. The van der Waals surface area contributed by atoms with Crippen LogP contribution in [-0.2, 0) is 14.8 Å². The Hall–Kier alpha value is -4.15. The van der Waals surface area contributed by atoms with Crippen LogP contribution in [0.3, 0.4) is 0 Å². The first-order valence-electron chi connectivity index (χ1n) is 10.8. The molecule has 0 aliphatic heterocycles. The molecule has 4 N–H and O–H groups in total. The summed E-state index contributed by atoms with van der Waals surface area (Å²) in [5.41, 5.74) is 2.47. The summed E-state index contributed by atoms with van der Waals surface area (Å²) < 4.78 is 28.3. The smallest absolute Gasteiger partial charge is 0.261 e. The molecular formula is C25H22ClN5O4S. The zero-order valence-corrected chi connectivity index (χ0v) is 20.9. The number of sulfonamides is 1. The number of carbonyl (C=O) groups excluding carboxylic acids is 1. The minimum atomic E-state index is -3.90. The molecule has 0 bridgehead atoms. The summed E-state index contributed by atoms with van der Waals surface area (Å²) in [7, 11) is -3.90. The molecule has 0 radical (unpaired) electrons. The Bertz CT molecular complexity index is 1580. The number of carbonyl (C=O) groups is 1. The van der Waals surface area contributed by atoms with Crippen LogP contribution in [-0.4, -0.2) is 24.3 Å². The Balaban J connectivity index is 1.61. The van der Waals surface area contributed by atoms with Gasteiger partial charge in [-0.25, -0.2) is 13.4 Å². The fourth-order valence-electron chi connectivity index (χ4n) is 3.41. The quantitative estimate of drug-likeness (QED) is 0.272. The van der Waals surface area contributed by atoms with Gasteiger partial charge in [0, 0.05) is 40.1 Å². The summed E-state index contributed by atoms with van der Waals surface area (Å²) in [5, 5.41) is 6.21. The molecule has 0 spiro atoms. The van der Waals surface area contributed by atoms with E-state index in [0.717, 1.165) is 0 Å². The third-order valence-corrected chi connectivity index (χ3v) is 6.78. The zero-order valence-electron chi connectivity index (χ0n) is 19.3. The van der Waals surface area contributed by atoms with Crippen LogP contribution < -0.4 is 20.9 Å². The molecule has 0 unspecified atom stereocenters. The standard InChI is InChI=1S/C25H22ClN5O4S/c1-15-23(29-25(30-24(15)33)28-20-8-6-18(26)7-9-20)17-4-3-5-21(14-17)31-36(34,35)22-12-10-19(11-13-22)27-16(2)32/h3-14,31H,1-2H3,(H,27,32)(H2,28,29,30,33). The molecule has 36 heavy (non-hydrogen) atoms. The number of nitrogens with zero attached hydrogens (tertiary/aromatic N) is 1. The molecule has 0 saturated carbocycles. The molecule has 0 saturated heterocycles. The lowest BCUT2D eigenvalue weighted by Gasteiger charge is -2.12. The van der Waals surface area contributed by atoms with E-state index in [1.807, 2.05) is 0 Å². The third-order valence-electron chi connectivity index (χ3n) is 5.13. The van der Waals surface area contributed by atoms with Crippen LogP contribution in [0.2, 0.25) is 5.02 Å². The Morgan fingerprint density at radius 1 is 0.944 bits per heavy atom. The number of benzene rings is 3. The van der Waals surface area contributed by atoms with Gasteiger partial charge in [0.2, 0.25) is 11.9 Å². The van der Waals surface area contributed by atoms with E-state index in [1.54, 1.807) is 55.5 Å². The first-order valence-corrected chi connectivity index (χ1v) is 12.6. The van der Waals surface area contributed by atoms with Crippen molar-refractivity contribution >= 4 is 50.5 Å². The van der Waals surface area contributed by atoms with Crippen molar-refractivity contribution in [2.45, 2.75) is 18.7 Å². The maximum Gasteiger partial charge on any atom is 0.261 e. The number of aromatic nitrogens is 2. The van der Waals surface area contributed by atoms with Gasteiger partial charge < -0.3 is 10.6 Å². The maximum absolute atomic E-state index is 12.9. The molecule has 4 rings (SSSR count). The highest BCUT2D eigenvalue weighted by molar-refractivity contribution is 7.92. The number of H-pyrrole nitrogens is 1. The fraction of sp³-hybridized carbons (Fsp3) is 0.0800. The molecule has 1 amide bonds. The lowest BCUT2D eigenvalue weighted by Crippen LogP contribution is -2.16. The molecule has 0 atom stereocenters. The van der Waals surface area contributed by atoms with Crippen LogP contribution >= 0.6 is 11.6 Å². The number of anilines is 4. The second kappa shape index (κ2) is 10.2. The van der Waals surface area contributed by atoms with Gasteiger partial charge >= 0.3 is 0 Å². The SMILES string of the molecule is CC(=O)Nc1ccc(S(=O)(=O)Nc2cccc(-c3nc(Nc4ccc(Cl)cc4)[nH]c(=O)c3C)c2)cc1. The van der Waals surface area contributed by atoms with Crippen LogP contribution in [0.5, 0.6) is 0 Å². The van der Waals surface area contributed by atoms with Gasteiger partial charge in [0.05, 0.1) is 10.6 Å². The molecule has 1 aromatic heterocycles. The number of amides is 1. The Labute approximate surface area is 212 Å². The largest absolute Gasteiger partial charge is 0.326 e. The highest BCUT2D eigenvalue weighted by Gasteiger charge is 2.16. The van der Waals surface area contributed by atoms with Crippen LogP contribution in [0, 0.1) is 6.92 Å². The maximum atomic E-state index is 12.9. The minimum absolute atomic E-state index is 0.0296. The van der Waals surface area contributed by atoms with Crippen molar-refractivity contribution in [2.75, 3.05) is 15.4 Å². The van der Waals surface area contributed by atoms with Crippen LogP contribution in [0.1, 0.15) is 12.5 Å². The second-order valence-corrected chi connectivity index (χ2v) is 10.0. The van der Waals surface area contributed by atoms with E-state index in [4.69, 9.17) is 11.6 Å². The molecule has 1 heterocycles. The van der Waals surface area contributed by atoms with Crippen molar-refractivity contribution in [3.63, 3.8) is 0 Å². The van der Waals surface area contributed by atoms with E-state index in [-0.39, 0.29) is 22.3 Å². The Morgan fingerprint density at radius 3 is 2.28 bits per heavy atom. The van der Waals surface area contributed by atoms with E-state index >= 15 is 0 Å². The summed E-state index contributed by atoms with van der Waals surface area (Å²) >= 11 is 5.93. The van der Waals surface area contributed by atoms with Gasteiger partial charge in [-0.05, 0) is 67.6 Å². The van der Waals surface area contributed by atoms with Crippen molar-refractivity contribution in [2.24, 2.45) is 0 Å². The topological polar surface area (TPSA) is 133 Å². The van der Waals surface area contributed by atoms with E-state index in [1.165, 1.54) is 31.2 Å². The fourth-order valence-corrected chi connectivity index (χ4v) is 4.58. The molecule has 184 valence electrons. The van der Waals surface area contributed by atoms with Crippen molar-refractivity contribution < 1.29 is 13.2 Å². The monoisotopic (exact) mass is 523 g/mol. The molecule has 0 aliphatic rings. The van der Waals surface area contributed by atoms with Crippen molar-refractivity contribution in [3.8, 4) is 11.3 Å². The average molecular weight is 524 g/mol.